The molecule has 1 aliphatic rings. The lowest BCUT2D eigenvalue weighted by atomic mass is 10.1. The average molecular weight is 374 g/mol. The Kier molecular flexibility index (Phi) is 3.53. The summed E-state index contributed by atoms with van der Waals surface area (Å²) in [6, 6.07) is 6.01. The minimum Gasteiger partial charge on any atom is -0.384 e. The molecule has 0 radical (unpaired) electrons. The third-order valence-electron chi connectivity index (χ3n) is 3.53. The minimum atomic E-state index is -3.00. The third-order valence-corrected chi connectivity index (χ3v) is 5.89. The average Bonchev–Trinajstić information content (AvgIpc) is 2.95. The Morgan fingerprint density at radius 2 is 2.14 bits per heavy atom. The number of halogens is 2. The largest absolute Gasteiger partial charge is 0.384 e. The second kappa shape index (κ2) is 5.10. The first-order chi connectivity index (χ1) is 9.85. The third kappa shape index (κ3) is 2.82. The SMILES string of the molecule is Nc1cc(-c2ccc(F)c(Br)c2)nn1C1CCS(=O)(=O)C1. The number of hydrogen-bond donors (Lipinski definition) is 1. The molecule has 5 nitrogen and oxygen atoms in total. The molecular formula is C13H13BrFN3O2S. The Morgan fingerprint density at radius 1 is 1.38 bits per heavy atom. The van der Waals surface area contributed by atoms with Crippen molar-refractivity contribution in [2.75, 3.05) is 17.2 Å². The van der Waals surface area contributed by atoms with Gasteiger partial charge < -0.3 is 5.73 Å². The maximum absolute atomic E-state index is 13.3. The van der Waals surface area contributed by atoms with Gasteiger partial charge in [0.1, 0.15) is 11.6 Å². The predicted octanol–water partition coefficient (Wildman–Crippen LogP) is 2.39. The van der Waals surface area contributed by atoms with E-state index in [0.717, 1.165) is 5.56 Å². The standard InChI is InChI=1S/C13H13BrFN3O2S/c14-10-5-8(1-2-11(10)15)12-6-13(16)18(17-12)9-3-4-21(19,20)7-9/h1-2,5-6,9H,3-4,7,16H2. The number of hydrogen-bond acceptors (Lipinski definition) is 4. The van der Waals surface area contributed by atoms with E-state index in [9.17, 15) is 12.8 Å². The van der Waals surface area contributed by atoms with Crippen LogP contribution in [-0.2, 0) is 9.84 Å². The van der Waals surface area contributed by atoms with E-state index in [1.165, 1.54) is 6.07 Å². The molecular weight excluding hydrogens is 361 g/mol. The second-order valence-electron chi connectivity index (χ2n) is 5.08. The summed E-state index contributed by atoms with van der Waals surface area (Å²) < 4.78 is 38.3. The minimum absolute atomic E-state index is 0.0609. The molecule has 1 aromatic heterocycles. The van der Waals surface area contributed by atoms with Gasteiger partial charge in [-0.05, 0) is 40.5 Å². The fraction of sp³-hybridized carbons (Fsp3) is 0.308. The Balaban J connectivity index is 1.96. The molecule has 112 valence electrons. The zero-order valence-electron chi connectivity index (χ0n) is 11.0. The van der Waals surface area contributed by atoms with Crippen molar-refractivity contribution in [3.63, 3.8) is 0 Å². The number of nitrogens with zero attached hydrogens (tertiary/aromatic N) is 2. The topological polar surface area (TPSA) is 78.0 Å². The van der Waals surface area contributed by atoms with Crippen LogP contribution in [0, 0.1) is 5.82 Å². The smallest absolute Gasteiger partial charge is 0.152 e. The van der Waals surface area contributed by atoms with Crippen molar-refractivity contribution in [1.29, 1.82) is 0 Å². The number of sulfone groups is 1. The van der Waals surface area contributed by atoms with Crippen LogP contribution in [0.5, 0.6) is 0 Å². The number of nitrogens with two attached hydrogens (primary N) is 1. The van der Waals surface area contributed by atoms with Gasteiger partial charge in [-0.15, -0.1) is 0 Å². The summed E-state index contributed by atoms with van der Waals surface area (Å²) in [4.78, 5) is 0. The highest BCUT2D eigenvalue weighted by molar-refractivity contribution is 9.10. The van der Waals surface area contributed by atoms with Gasteiger partial charge in [-0.25, -0.2) is 17.5 Å². The van der Waals surface area contributed by atoms with Crippen LogP contribution in [-0.4, -0.2) is 29.7 Å². The second-order valence-corrected chi connectivity index (χ2v) is 8.17. The molecule has 1 unspecified atom stereocenters. The molecule has 2 aromatic rings. The van der Waals surface area contributed by atoms with Crippen LogP contribution in [0.25, 0.3) is 11.3 Å². The van der Waals surface area contributed by atoms with Crippen molar-refractivity contribution < 1.29 is 12.8 Å². The van der Waals surface area contributed by atoms with Crippen LogP contribution in [0.3, 0.4) is 0 Å². The van der Waals surface area contributed by atoms with Gasteiger partial charge in [0.15, 0.2) is 9.84 Å². The van der Waals surface area contributed by atoms with Crippen LogP contribution >= 0.6 is 15.9 Å². The van der Waals surface area contributed by atoms with Crippen LogP contribution in [0.2, 0.25) is 0 Å². The number of aromatic nitrogens is 2. The molecule has 2 N–H and O–H groups in total. The molecule has 0 saturated carbocycles. The number of nitrogen functional groups attached to an aromatic ring is 1. The monoisotopic (exact) mass is 373 g/mol. The summed E-state index contributed by atoms with van der Waals surface area (Å²) in [5.41, 5.74) is 7.25. The van der Waals surface area contributed by atoms with E-state index in [0.29, 0.717) is 22.4 Å². The molecule has 0 aliphatic carbocycles. The first kappa shape index (κ1) is 14.5. The molecule has 1 saturated heterocycles. The highest BCUT2D eigenvalue weighted by Gasteiger charge is 2.31. The van der Waals surface area contributed by atoms with E-state index in [1.807, 2.05) is 0 Å². The van der Waals surface area contributed by atoms with E-state index in [-0.39, 0.29) is 23.4 Å². The molecule has 0 amide bonds. The quantitative estimate of drug-likeness (QED) is 0.876. The Bertz CT molecular complexity index is 804. The van der Waals surface area contributed by atoms with Crippen LogP contribution in [0.1, 0.15) is 12.5 Å². The van der Waals surface area contributed by atoms with Gasteiger partial charge in [-0.2, -0.15) is 5.10 Å². The molecule has 8 heteroatoms. The first-order valence-corrected chi connectivity index (χ1v) is 8.98. The van der Waals surface area contributed by atoms with Crippen molar-refractivity contribution in [2.24, 2.45) is 0 Å². The van der Waals surface area contributed by atoms with E-state index < -0.39 is 9.84 Å². The summed E-state index contributed by atoms with van der Waals surface area (Å²) in [7, 11) is -3.00. The van der Waals surface area contributed by atoms with E-state index in [4.69, 9.17) is 5.73 Å². The molecule has 0 spiro atoms. The van der Waals surface area contributed by atoms with E-state index in [1.54, 1.807) is 22.9 Å². The van der Waals surface area contributed by atoms with Crippen molar-refractivity contribution in [2.45, 2.75) is 12.5 Å². The molecule has 0 bridgehead atoms. The normalized spacial score (nSPS) is 20.8. The van der Waals surface area contributed by atoms with Crippen molar-refractivity contribution in [1.82, 2.24) is 9.78 Å². The van der Waals surface area contributed by atoms with Crippen molar-refractivity contribution >= 4 is 31.6 Å². The summed E-state index contributed by atoms with van der Waals surface area (Å²) in [6.45, 7) is 0. The van der Waals surface area contributed by atoms with Gasteiger partial charge in [0.2, 0.25) is 0 Å². The lowest BCUT2D eigenvalue weighted by molar-refractivity contribution is 0.508. The van der Waals surface area contributed by atoms with E-state index in [2.05, 4.69) is 21.0 Å². The van der Waals surface area contributed by atoms with Gasteiger partial charge in [-0.1, -0.05) is 0 Å². The lowest BCUT2D eigenvalue weighted by Crippen LogP contribution is -2.14. The molecule has 3 rings (SSSR count). The zero-order chi connectivity index (χ0) is 15.2. The first-order valence-electron chi connectivity index (χ1n) is 6.36. The summed E-state index contributed by atoms with van der Waals surface area (Å²) >= 11 is 3.13. The van der Waals surface area contributed by atoms with Gasteiger partial charge in [0.05, 0.1) is 27.7 Å². The molecule has 1 fully saturated rings. The highest BCUT2D eigenvalue weighted by Crippen LogP contribution is 2.30. The Labute approximate surface area is 130 Å². The Hall–Kier alpha value is -1.41. The van der Waals surface area contributed by atoms with Crippen LogP contribution in [0.15, 0.2) is 28.7 Å². The Morgan fingerprint density at radius 3 is 2.76 bits per heavy atom. The number of benzene rings is 1. The maximum atomic E-state index is 13.3. The van der Waals surface area contributed by atoms with Gasteiger partial charge in [-0.3, -0.25) is 0 Å². The highest BCUT2D eigenvalue weighted by atomic mass is 79.9. The van der Waals surface area contributed by atoms with Gasteiger partial charge in [0.25, 0.3) is 0 Å². The number of rotatable bonds is 2. The molecule has 2 heterocycles. The van der Waals surface area contributed by atoms with Crippen molar-refractivity contribution in [3.05, 3.63) is 34.6 Å². The lowest BCUT2D eigenvalue weighted by Gasteiger charge is -2.10. The van der Waals surface area contributed by atoms with Gasteiger partial charge in [0, 0.05) is 11.6 Å². The molecule has 1 aromatic carbocycles. The summed E-state index contributed by atoms with van der Waals surface area (Å²) in [5.74, 6) is 0.278. The predicted molar refractivity (Wildman–Crippen MR) is 82.0 cm³/mol. The van der Waals surface area contributed by atoms with Crippen molar-refractivity contribution in [3.8, 4) is 11.3 Å². The van der Waals surface area contributed by atoms with Crippen LogP contribution < -0.4 is 5.73 Å². The van der Waals surface area contributed by atoms with Crippen LogP contribution in [0.4, 0.5) is 10.2 Å². The fourth-order valence-corrected chi connectivity index (χ4v) is 4.54. The molecule has 1 atom stereocenters. The fourth-order valence-electron chi connectivity index (χ4n) is 2.47. The number of anilines is 1. The summed E-state index contributed by atoms with van der Waals surface area (Å²) in [6.07, 6.45) is 0.515. The molecule has 21 heavy (non-hydrogen) atoms. The zero-order valence-corrected chi connectivity index (χ0v) is 13.4. The molecule has 1 aliphatic heterocycles. The van der Waals surface area contributed by atoms with E-state index >= 15 is 0 Å². The van der Waals surface area contributed by atoms with Gasteiger partial charge >= 0.3 is 0 Å². The maximum Gasteiger partial charge on any atom is 0.152 e. The summed E-state index contributed by atoms with van der Waals surface area (Å²) in [5, 5.41) is 4.38.